The maximum Gasteiger partial charge on any atom is 0.256 e. The Hall–Kier alpha value is -1.90. The van der Waals surface area contributed by atoms with Crippen molar-refractivity contribution in [1.82, 2.24) is 4.90 Å². The van der Waals surface area contributed by atoms with Gasteiger partial charge in [-0.05, 0) is 31.0 Å². The SMILES string of the molecule is O=C(c1cc(C#CCO)ccc1F)N1CCC(O)CC1. The molecule has 0 radical (unpaired) electrons. The van der Waals surface area contributed by atoms with Crippen LogP contribution in [-0.2, 0) is 0 Å². The van der Waals surface area contributed by atoms with Crippen LogP contribution in [0.2, 0.25) is 0 Å². The molecule has 5 heteroatoms. The number of aliphatic hydroxyl groups is 2. The van der Waals surface area contributed by atoms with E-state index in [9.17, 15) is 14.3 Å². The molecule has 4 nitrogen and oxygen atoms in total. The van der Waals surface area contributed by atoms with Gasteiger partial charge in [0.1, 0.15) is 12.4 Å². The second-order valence-corrected chi connectivity index (χ2v) is 4.68. The van der Waals surface area contributed by atoms with Crippen molar-refractivity contribution in [3.63, 3.8) is 0 Å². The van der Waals surface area contributed by atoms with Crippen LogP contribution in [0.5, 0.6) is 0 Å². The van der Waals surface area contributed by atoms with Gasteiger partial charge < -0.3 is 15.1 Å². The van der Waals surface area contributed by atoms with Gasteiger partial charge >= 0.3 is 0 Å². The molecule has 1 aliphatic rings. The lowest BCUT2D eigenvalue weighted by molar-refractivity contribution is 0.0542. The number of carbonyl (C=O) groups is 1. The van der Waals surface area contributed by atoms with Gasteiger partial charge in [-0.25, -0.2) is 4.39 Å². The van der Waals surface area contributed by atoms with E-state index in [0.717, 1.165) is 0 Å². The van der Waals surface area contributed by atoms with E-state index < -0.39 is 5.82 Å². The highest BCUT2D eigenvalue weighted by Crippen LogP contribution is 2.17. The van der Waals surface area contributed by atoms with E-state index in [1.54, 1.807) is 0 Å². The molecule has 0 unspecified atom stereocenters. The number of amides is 1. The number of likely N-dealkylation sites (tertiary alicyclic amines) is 1. The van der Waals surface area contributed by atoms with E-state index in [1.807, 2.05) is 0 Å². The Morgan fingerprint density at radius 2 is 2.10 bits per heavy atom. The van der Waals surface area contributed by atoms with Gasteiger partial charge in [0.15, 0.2) is 0 Å². The summed E-state index contributed by atoms with van der Waals surface area (Å²) in [5, 5.41) is 18.1. The van der Waals surface area contributed by atoms with Crippen molar-refractivity contribution in [2.24, 2.45) is 0 Å². The fraction of sp³-hybridized carbons (Fsp3) is 0.400. The number of nitrogens with zero attached hydrogens (tertiary/aromatic N) is 1. The number of aliphatic hydroxyl groups excluding tert-OH is 2. The number of hydrogen-bond donors (Lipinski definition) is 2. The zero-order chi connectivity index (χ0) is 14.5. The van der Waals surface area contributed by atoms with Crippen LogP contribution in [-0.4, -0.2) is 46.8 Å². The minimum atomic E-state index is -0.587. The normalized spacial score (nSPS) is 15.7. The predicted molar refractivity (Wildman–Crippen MR) is 71.5 cm³/mol. The maximum atomic E-state index is 13.8. The minimum Gasteiger partial charge on any atom is -0.393 e. The third kappa shape index (κ3) is 3.35. The molecule has 0 aliphatic carbocycles. The Balaban J connectivity index is 2.20. The lowest BCUT2D eigenvalue weighted by Crippen LogP contribution is -2.40. The topological polar surface area (TPSA) is 60.8 Å². The molecule has 1 amide bonds. The third-order valence-corrected chi connectivity index (χ3v) is 3.26. The van der Waals surface area contributed by atoms with E-state index in [2.05, 4.69) is 11.8 Å². The molecule has 0 spiro atoms. The minimum absolute atomic E-state index is 0.0221. The van der Waals surface area contributed by atoms with Gasteiger partial charge in [-0.15, -0.1) is 0 Å². The van der Waals surface area contributed by atoms with E-state index in [4.69, 9.17) is 5.11 Å². The lowest BCUT2D eigenvalue weighted by atomic mass is 10.0. The summed E-state index contributed by atoms with van der Waals surface area (Å²) in [5.74, 6) is 4.14. The van der Waals surface area contributed by atoms with Crippen molar-refractivity contribution in [2.45, 2.75) is 18.9 Å². The molecule has 0 bridgehead atoms. The second kappa shape index (κ2) is 6.51. The summed E-state index contributed by atoms with van der Waals surface area (Å²) in [6, 6.07) is 4.06. The molecule has 0 aromatic heterocycles. The molecule has 1 aliphatic heterocycles. The van der Waals surface area contributed by atoms with E-state index in [-0.39, 0.29) is 24.2 Å². The number of hydrogen-bond acceptors (Lipinski definition) is 3. The highest BCUT2D eigenvalue weighted by Gasteiger charge is 2.24. The van der Waals surface area contributed by atoms with Crippen molar-refractivity contribution < 1.29 is 19.4 Å². The fourth-order valence-electron chi connectivity index (χ4n) is 2.15. The largest absolute Gasteiger partial charge is 0.393 e. The van der Waals surface area contributed by atoms with Crippen molar-refractivity contribution in [2.75, 3.05) is 19.7 Å². The van der Waals surface area contributed by atoms with E-state index >= 15 is 0 Å². The van der Waals surface area contributed by atoms with Crippen LogP contribution in [0.1, 0.15) is 28.8 Å². The number of carbonyl (C=O) groups excluding carboxylic acids is 1. The van der Waals surface area contributed by atoms with Crippen LogP contribution in [0.25, 0.3) is 0 Å². The van der Waals surface area contributed by atoms with Crippen molar-refractivity contribution in [3.05, 3.63) is 35.1 Å². The highest BCUT2D eigenvalue weighted by atomic mass is 19.1. The first-order valence-corrected chi connectivity index (χ1v) is 6.48. The molecular formula is C15H16FNO3. The van der Waals surface area contributed by atoms with E-state index in [0.29, 0.717) is 31.5 Å². The number of halogens is 1. The number of rotatable bonds is 1. The summed E-state index contributed by atoms with van der Waals surface area (Å²) in [5.41, 5.74) is 0.465. The molecular weight excluding hydrogens is 261 g/mol. The van der Waals surface area contributed by atoms with Gasteiger partial charge in [0.25, 0.3) is 5.91 Å². The summed E-state index contributed by atoms with van der Waals surface area (Å²) in [7, 11) is 0. The first kappa shape index (κ1) is 14.5. The Bertz CT molecular complexity index is 554. The Kier molecular flexibility index (Phi) is 4.72. The fourth-order valence-corrected chi connectivity index (χ4v) is 2.15. The van der Waals surface area contributed by atoms with Gasteiger partial charge in [-0.3, -0.25) is 4.79 Å². The monoisotopic (exact) mass is 277 g/mol. The van der Waals surface area contributed by atoms with Gasteiger partial charge in [0, 0.05) is 18.7 Å². The summed E-state index contributed by atoms with van der Waals surface area (Å²) < 4.78 is 13.8. The Morgan fingerprint density at radius 3 is 2.75 bits per heavy atom. The number of piperidine rings is 1. The standard InChI is InChI=1S/C15H16FNO3/c16-14-4-3-11(2-1-9-18)10-13(14)15(20)17-7-5-12(19)6-8-17/h3-4,10,12,18-19H,5-9H2. The molecule has 0 saturated carbocycles. The van der Waals surface area contributed by atoms with Gasteiger partial charge in [-0.1, -0.05) is 11.8 Å². The Morgan fingerprint density at radius 1 is 1.40 bits per heavy atom. The summed E-state index contributed by atoms with van der Waals surface area (Å²) in [6.45, 7) is 0.558. The number of benzene rings is 1. The van der Waals surface area contributed by atoms with Gasteiger partial charge in [0.2, 0.25) is 0 Å². The van der Waals surface area contributed by atoms with Crippen LogP contribution in [0.15, 0.2) is 18.2 Å². The zero-order valence-corrected chi connectivity index (χ0v) is 11.0. The Labute approximate surface area is 116 Å². The molecule has 106 valence electrons. The van der Waals surface area contributed by atoms with Crippen LogP contribution in [0.3, 0.4) is 0 Å². The summed E-state index contributed by atoms with van der Waals surface area (Å²) >= 11 is 0. The lowest BCUT2D eigenvalue weighted by Gasteiger charge is -2.29. The molecule has 2 rings (SSSR count). The van der Waals surface area contributed by atoms with Crippen LogP contribution in [0.4, 0.5) is 4.39 Å². The molecule has 1 aromatic carbocycles. The average molecular weight is 277 g/mol. The smallest absolute Gasteiger partial charge is 0.256 e. The molecule has 1 saturated heterocycles. The summed E-state index contributed by atoms with van der Waals surface area (Å²) in [6.07, 6.45) is 0.639. The molecule has 1 aromatic rings. The first-order valence-electron chi connectivity index (χ1n) is 6.48. The van der Waals surface area contributed by atoms with E-state index in [1.165, 1.54) is 23.1 Å². The predicted octanol–water partition coefficient (Wildman–Crippen LogP) is 0.766. The first-order chi connectivity index (χ1) is 9.61. The van der Waals surface area contributed by atoms with Crippen molar-refractivity contribution >= 4 is 5.91 Å². The van der Waals surface area contributed by atoms with Crippen LogP contribution < -0.4 is 0 Å². The van der Waals surface area contributed by atoms with Crippen LogP contribution in [0, 0.1) is 17.7 Å². The molecule has 20 heavy (non-hydrogen) atoms. The van der Waals surface area contributed by atoms with Gasteiger partial charge in [0.05, 0.1) is 11.7 Å². The maximum absolute atomic E-state index is 13.8. The van der Waals surface area contributed by atoms with Crippen molar-refractivity contribution in [3.8, 4) is 11.8 Å². The quantitative estimate of drug-likeness (QED) is 0.745. The van der Waals surface area contributed by atoms with Crippen LogP contribution >= 0.6 is 0 Å². The third-order valence-electron chi connectivity index (χ3n) is 3.26. The molecule has 1 fully saturated rings. The second-order valence-electron chi connectivity index (χ2n) is 4.68. The zero-order valence-electron chi connectivity index (χ0n) is 11.0. The van der Waals surface area contributed by atoms with Gasteiger partial charge in [-0.2, -0.15) is 0 Å². The molecule has 0 atom stereocenters. The molecule has 1 heterocycles. The average Bonchev–Trinajstić information content (AvgIpc) is 2.46. The summed E-state index contributed by atoms with van der Waals surface area (Å²) in [4.78, 5) is 13.8. The highest BCUT2D eigenvalue weighted by molar-refractivity contribution is 5.95. The van der Waals surface area contributed by atoms with Crippen molar-refractivity contribution in [1.29, 1.82) is 0 Å². The molecule has 2 N–H and O–H groups in total.